The zero-order valence-corrected chi connectivity index (χ0v) is 12.4. The summed E-state index contributed by atoms with van der Waals surface area (Å²) in [7, 11) is 1.91. The molecule has 1 aromatic heterocycles. The predicted molar refractivity (Wildman–Crippen MR) is 81.0 cm³/mol. The molecule has 0 fully saturated rings. The van der Waals surface area contributed by atoms with Crippen molar-refractivity contribution >= 4 is 11.7 Å². The number of carbonyl (C=O) groups excluding carboxylic acids is 1. The van der Waals surface area contributed by atoms with Crippen LogP contribution in [0.4, 0.5) is 10.5 Å². The van der Waals surface area contributed by atoms with Crippen molar-refractivity contribution in [2.24, 2.45) is 0 Å². The Morgan fingerprint density at radius 3 is 2.62 bits per heavy atom. The molecule has 0 aliphatic carbocycles. The first-order chi connectivity index (χ1) is 10.1. The van der Waals surface area contributed by atoms with Crippen molar-refractivity contribution in [3.63, 3.8) is 0 Å². The molecule has 3 N–H and O–H groups in total. The highest BCUT2D eigenvalue weighted by atomic mass is 16.5. The topological polar surface area (TPSA) is 79.2 Å². The fraction of sp³-hybridized carbons (Fsp3) is 0.333. The van der Waals surface area contributed by atoms with Gasteiger partial charge in [-0.05, 0) is 38.6 Å². The highest BCUT2D eigenvalue weighted by Gasteiger charge is 2.06. The minimum Gasteiger partial charge on any atom is -0.359 e. The van der Waals surface area contributed by atoms with Crippen LogP contribution in [0.3, 0.4) is 0 Å². The Bertz CT molecular complexity index is 592. The monoisotopic (exact) mass is 288 g/mol. The molecule has 0 bridgehead atoms. The third-order valence-electron chi connectivity index (χ3n) is 3.20. The van der Waals surface area contributed by atoms with Crippen molar-refractivity contribution in [1.82, 2.24) is 15.8 Å². The number of aromatic nitrogens is 1. The lowest BCUT2D eigenvalue weighted by molar-refractivity contribution is 0.250. The van der Waals surface area contributed by atoms with E-state index in [1.54, 1.807) is 6.07 Å². The van der Waals surface area contributed by atoms with Crippen LogP contribution in [0.25, 0.3) is 0 Å². The molecule has 6 nitrogen and oxygen atoms in total. The van der Waals surface area contributed by atoms with Gasteiger partial charge in [0.15, 0.2) is 5.76 Å². The van der Waals surface area contributed by atoms with Crippen LogP contribution in [0.5, 0.6) is 0 Å². The minimum atomic E-state index is -0.279. The van der Waals surface area contributed by atoms with Gasteiger partial charge in [-0.25, -0.2) is 4.79 Å². The maximum absolute atomic E-state index is 11.8. The van der Waals surface area contributed by atoms with Crippen molar-refractivity contribution in [1.29, 1.82) is 0 Å². The third-order valence-corrected chi connectivity index (χ3v) is 3.20. The molecular weight excluding hydrogens is 268 g/mol. The number of nitrogens with zero attached hydrogens (tertiary/aromatic N) is 1. The molecule has 0 spiro atoms. The van der Waals surface area contributed by atoms with Crippen LogP contribution in [-0.4, -0.2) is 18.2 Å². The van der Waals surface area contributed by atoms with Gasteiger partial charge in [-0.3, -0.25) is 0 Å². The van der Waals surface area contributed by atoms with E-state index < -0.39 is 0 Å². The molecule has 2 aromatic rings. The standard InChI is InChI=1S/C15H20N4O2/c1-10-8-14(21-19-10)9-17-15(20)18-13-6-4-12(5-7-13)11(2)16-3/h4-8,11,16H,9H2,1-3H3,(H2,17,18,20). The number of anilines is 1. The minimum absolute atomic E-state index is 0.279. The number of carbonyl (C=O) groups is 1. The molecule has 0 aliphatic rings. The number of amides is 2. The molecule has 112 valence electrons. The van der Waals surface area contributed by atoms with Gasteiger partial charge in [0.2, 0.25) is 0 Å². The highest BCUT2D eigenvalue weighted by Crippen LogP contribution is 2.15. The summed E-state index contributed by atoms with van der Waals surface area (Å²) in [5, 5.41) is 12.4. The Morgan fingerprint density at radius 1 is 1.33 bits per heavy atom. The van der Waals surface area contributed by atoms with Crippen LogP contribution >= 0.6 is 0 Å². The fourth-order valence-electron chi connectivity index (χ4n) is 1.86. The Balaban J connectivity index is 1.84. The second kappa shape index (κ2) is 6.90. The maximum atomic E-state index is 11.8. The molecule has 1 aromatic carbocycles. The molecule has 6 heteroatoms. The van der Waals surface area contributed by atoms with Gasteiger partial charge >= 0.3 is 6.03 Å². The molecule has 0 saturated carbocycles. The molecule has 2 rings (SSSR count). The summed E-state index contributed by atoms with van der Waals surface area (Å²) in [5.74, 6) is 0.626. The molecule has 2 amide bonds. The average molecular weight is 288 g/mol. The van der Waals surface area contributed by atoms with E-state index >= 15 is 0 Å². The second-order valence-corrected chi connectivity index (χ2v) is 4.87. The van der Waals surface area contributed by atoms with Crippen LogP contribution in [0.2, 0.25) is 0 Å². The zero-order chi connectivity index (χ0) is 15.2. The van der Waals surface area contributed by atoms with E-state index in [2.05, 4.69) is 28.0 Å². The Morgan fingerprint density at radius 2 is 2.05 bits per heavy atom. The number of benzene rings is 1. The van der Waals surface area contributed by atoms with Gasteiger partial charge in [-0.15, -0.1) is 0 Å². The van der Waals surface area contributed by atoms with E-state index in [0.29, 0.717) is 12.3 Å². The third kappa shape index (κ3) is 4.32. The lowest BCUT2D eigenvalue weighted by Gasteiger charge is -2.11. The van der Waals surface area contributed by atoms with E-state index in [4.69, 9.17) is 4.52 Å². The first kappa shape index (κ1) is 15.1. The van der Waals surface area contributed by atoms with Crippen LogP contribution < -0.4 is 16.0 Å². The summed E-state index contributed by atoms with van der Waals surface area (Å²) in [5.41, 5.74) is 2.70. The smallest absolute Gasteiger partial charge is 0.319 e. The lowest BCUT2D eigenvalue weighted by atomic mass is 10.1. The normalized spacial score (nSPS) is 12.0. The Hall–Kier alpha value is -2.34. The number of hydrogen-bond donors (Lipinski definition) is 3. The van der Waals surface area contributed by atoms with Gasteiger partial charge in [-0.1, -0.05) is 17.3 Å². The lowest BCUT2D eigenvalue weighted by Crippen LogP contribution is -2.28. The number of urea groups is 1. The molecule has 1 heterocycles. The summed E-state index contributed by atoms with van der Waals surface area (Å²) < 4.78 is 5.02. The van der Waals surface area contributed by atoms with E-state index in [-0.39, 0.29) is 12.1 Å². The van der Waals surface area contributed by atoms with E-state index in [9.17, 15) is 4.79 Å². The van der Waals surface area contributed by atoms with Crippen molar-refractivity contribution < 1.29 is 9.32 Å². The van der Waals surface area contributed by atoms with Crippen LogP contribution in [0.15, 0.2) is 34.9 Å². The summed E-state index contributed by atoms with van der Waals surface area (Å²) in [6, 6.07) is 9.51. The fourth-order valence-corrected chi connectivity index (χ4v) is 1.86. The Kier molecular flexibility index (Phi) is 4.94. The Labute approximate surface area is 123 Å². The van der Waals surface area contributed by atoms with Gasteiger partial charge in [0.05, 0.1) is 12.2 Å². The molecule has 21 heavy (non-hydrogen) atoms. The number of aryl methyl sites for hydroxylation is 1. The largest absolute Gasteiger partial charge is 0.359 e. The first-order valence-electron chi connectivity index (χ1n) is 6.82. The SMILES string of the molecule is CNC(C)c1ccc(NC(=O)NCc2cc(C)no2)cc1. The van der Waals surface area contributed by atoms with E-state index in [1.165, 1.54) is 5.56 Å². The van der Waals surface area contributed by atoms with Crippen LogP contribution in [0.1, 0.15) is 30.0 Å². The van der Waals surface area contributed by atoms with Gasteiger partial charge < -0.3 is 20.5 Å². The molecule has 0 saturated heterocycles. The predicted octanol–water partition coefficient (Wildman–Crippen LogP) is 2.59. The summed E-state index contributed by atoms with van der Waals surface area (Å²) in [4.78, 5) is 11.8. The first-order valence-corrected chi connectivity index (χ1v) is 6.82. The molecule has 1 unspecified atom stereocenters. The van der Waals surface area contributed by atoms with Gasteiger partial charge in [0.1, 0.15) is 0 Å². The number of nitrogens with one attached hydrogen (secondary N) is 3. The molecule has 1 atom stereocenters. The van der Waals surface area contributed by atoms with Gasteiger partial charge in [0, 0.05) is 17.8 Å². The van der Waals surface area contributed by atoms with Gasteiger partial charge in [-0.2, -0.15) is 0 Å². The number of hydrogen-bond acceptors (Lipinski definition) is 4. The summed E-state index contributed by atoms with van der Waals surface area (Å²) >= 11 is 0. The second-order valence-electron chi connectivity index (χ2n) is 4.87. The van der Waals surface area contributed by atoms with Crippen molar-refractivity contribution in [2.45, 2.75) is 26.4 Å². The quantitative estimate of drug-likeness (QED) is 0.790. The highest BCUT2D eigenvalue weighted by molar-refractivity contribution is 5.89. The number of rotatable bonds is 5. The van der Waals surface area contributed by atoms with E-state index in [0.717, 1.165) is 11.4 Å². The summed E-state index contributed by atoms with van der Waals surface area (Å²) in [6.45, 7) is 4.22. The van der Waals surface area contributed by atoms with Crippen LogP contribution in [-0.2, 0) is 6.54 Å². The molecular formula is C15H20N4O2. The van der Waals surface area contributed by atoms with E-state index in [1.807, 2.05) is 38.2 Å². The van der Waals surface area contributed by atoms with Crippen LogP contribution in [0, 0.1) is 6.92 Å². The van der Waals surface area contributed by atoms with Crippen molar-refractivity contribution in [3.05, 3.63) is 47.3 Å². The average Bonchev–Trinajstić information content (AvgIpc) is 2.91. The van der Waals surface area contributed by atoms with Crippen molar-refractivity contribution in [3.8, 4) is 0 Å². The molecule has 0 radical (unpaired) electrons. The van der Waals surface area contributed by atoms with Gasteiger partial charge in [0.25, 0.3) is 0 Å². The van der Waals surface area contributed by atoms with Crippen molar-refractivity contribution in [2.75, 3.05) is 12.4 Å². The maximum Gasteiger partial charge on any atom is 0.319 e. The zero-order valence-electron chi connectivity index (χ0n) is 12.4. The molecule has 0 aliphatic heterocycles. The summed E-state index contributed by atoms with van der Waals surface area (Å²) in [6.07, 6.45) is 0.